The van der Waals surface area contributed by atoms with Crippen LogP contribution in [0.15, 0.2) is 24.3 Å². The first-order valence-electron chi connectivity index (χ1n) is 7.85. The van der Waals surface area contributed by atoms with Crippen LogP contribution in [0, 0.1) is 0 Å². The lowest BCUT2D eigenvalue weighted by atomic mass is 10.0. The SMILES string of the molecule is CCCCCC(C)NC1CCc2ccccc2NC1=O. The van der Waals surface area contributed by atoms with E-state index in [0.29, 0.717) is 6.04 Å². The van der Waals surface area contributed by atoms with Gasteiger partial charge in [0.05, 0.1) is 6.04 Å². The molecular formula is C17H26N2O. The maximum absolute atomic E-state index is 12.3. The third-order valence-corrected chi connectivity index (χ3v) is 4.02. The molecule has 1 aliphatic heterocycles. The molecule has 0 bridgehead atoms. The molecule has 3 nitrogen and oxygen atoms in total. The highest BCUT2D eigenvalue weighted by molar-refractivity contribution is 5.96. The second-order valence-corrected chi connectivity index (χ2v) is 5.80. The van der Waals surface area contributed by atoms with Crippen LogP contribution >= 0.6 is 0 Å². The number of para-hydroxylation sites is 1. The molecule has 0 saturated carbocycles. The Bertz CT molecular complexity index is 444. The van der Waals surface area contributed by atoms with Crippen LogP contribution in [0.25, 0.3) is 0 Å². The van der Waals surface area contributed by atoms with Gasteiger partial charge in [-0.15, -0.1) is 0 Å². The molecule has 110 valence electrons. The van der Waals surface area contributed by atoms with Gasteiger partial charge in [-0.2, -0.15) is 0 Å². The summed E-state index contributed by atoms with van der Waals surface area (Å²) in [5.74, 6) is 0.109. The van der Waals surface area contributed by atoms with Crippen molar-refractivity contribution in [3.63, 3.8) is 0 Å². The molecule has 0 saturated heterocycles. The molecule has 1 amide bonds. The molecule has 1 heterocycles. The minimum absolute atomic E-state index is 0.0703. The summed E-state index contributed by atoms with van der Waals surface area (Å²) in [6.07, 6.45) is 6.72. The van der Waals surface area contributed by atoms with E-state index >= 15 is 0 Å². The molecule has 1 aromatic carbocycles. The molecule has 20 heavy (non-hydrogen) atoms. The smallest absolute Gasteiger partial charge is 0.241 e. The van der Waals surface area contributed by atoms with Crippen LogP contribution in [0.1, 0.15) is 51.5 Å². The first-order chi connectivity index (χ1) is 9.70. The highest BCUT2D eigenvalue weighted by Gasteiger charge is 2.24. The predicted molar refractivity (Wildman–Crippen MR) is 83.9 cm³/mol. The lowest BCUT2D eigenvalue weighted by Crippen LogP contribution is -2.44. The number of aryl methyl sites for hydroxylation is 1. The van der Waals surface area contributed by atoms with Crippen LogP contribution in [0.2, 0.25) is 0 Å². The second kappa shape index (κ2) is 7.44. The summed E-state index contributed by atoms with van der Waals surface area (Å²) in [6.45, 7) is 4.40. The molecule has 2 rings (SSSR count). The Hall–Kier alpha value is -1.35. The van der Waals surface area contributed by atoms with Crippen molar-refractivity contribution in [1.29, 1.82) is 0 Å². The number of benzene rings is 1. The van der Waals surface area contributed by atoms with Crippen molar-refractivity contribution in [2.75, 3.05) is 5.32 Å². The average molecular weight is 274 g/mol. The van der Waals surface area contributed by atoms with Gasteiger partial charge in [-0.25, -0.2) is 0 Å². The molecule has 1 aliphatic rings. The lowest BCUT2D eigenvalue weighted by Gasteiger charge is -2.20. The lowest BCUT2D eigenvalue weighted by molar-refractivity contribution is -0.118. The zero-order valence-corrected chi connectivity index (χ0v) is 12.6. The molecule has 0 radical (unpaired) electrons. The summed E-state index contributed by atoms with van der Waals surface area (Å²) < 4.78 is 0. The Labute approximate surface area is 122 Å². The predicted octanol–water partition coefficient (Wildman–Crippen LogP) is 3.50. The number of hydrogen-bond acceptors (Lipinski definition) is 2. The van der Waals surface area contributed by atoms with Crippen LogP contribution in [0.3, 0.4) is 0 Å². The Kier molecular flexibility index (Phi) is 5.60. The quantitative estimate of drug-likeness (QED) is 0.780. The topological polar surface area (TPSA) is 41.1 Å². The van der Waals surface area contributed by atoms with E-state index in [0.717, 1.165) is 24.9 Å². The molecule has 2 atom stereocenters. The van der Waals surface area contributed by atoms with E-state index in [-0.39, 0.29) is 11.9 Å². The highest BCUT2D eigenvalue weighted by Crippen LogP contribution is 2.21. The first kappa shape index (κ1) is 15.0. The van der Waals surface area contributed by atoms with Crippen LogP contribution in [0.4, 0.5) is 5.69 Å². The summed E-state index contributed by atoms with van der Waals surface area (Å²) >= 11 is 0. The van der Waals surface area contributed by atoms with Crippen LogP contribution in [0.5, 0.6) is 0 Å². The van der Waals surface area contributed by atoms with Crippen molar-refractivity contribution in [2.24, 2.45) is 0 Å². The van der Waals surface area contributed by atoms with Crippen molar-refractivity contribution in [3.8, 4) is 0 Å². The van der Waals surface area contributed by atoms with Crippen molar-refractivity contribution in [3.05, 3.63) is 29.8 Å². The van der Waals surface area contributed by atoms with E-state index < -0.39 is 0 Å². The average Bonchev–Trinajstić information content (AvgIpc) is 2.59. The molecule has 0 fully saturated rings. The van der Waals surface area contributed by atoms with Gasteiger partial charge < -0.3 is 10.6 Å². The zero-order valence-electron chi connectivity index (χ0n) is 12.6. The Morgan fingerprint density at radius 3 is 2.95 bits per heavy atom. The van der Waals surface area contributed by atoms with E-state index in [1.54, 1.807) is 0 Å². The molecule has 0 aliphatic carbocycles. The maximum Gasteiger partial charge on any atom is 0.241 e. The monoisotopic (exact) mass is 274 g/mol. The fourth-order valence-corrected chi connectivity index (χ4v) is 2.80. The largest absolute Gasteiger partial charge is 0.324 e. The van der Waals surface area contributed by atoms with Gasteiger partial charge in [0.1, 0.15) is 0 Å². The van der Waals surface area contributed by atoms with Gasteiger partial charge in [0.15, 0.2) is 0 Å². The molecule has 0 spiro atoms. The van der Waals surface area contributed by atoms with Crippen molar-refractivity contribution >= 4 is 11.6 Å². The number of amides is 1. The van der Waals surface area contributed by atoms with Crippen molar-refractivity contribution in [1.82, 2.24) is 5.32 Å². The number of hydrogen-bond donors (Lipinski definition) is 2. The summed E-state index contributed by atoms with van der Waals surface area (Å²) in [5.41, 5.74) is 2.21. The van der Waals surface area contributed by atoms with E-state index in [1.807, 2.05) is 18.2 Å². The molecule has 2 unspecified atom stereocenters. The summed E-state index contributed by atoms with van der Waals surface area (Å²) in [5, 5.41) is 6.53. The third-order valence-electron chi connectivity index (χ3n) is 4.02. The minimum Gasteiger partial charge on any atom is -0.324 e. The number of rotatable bonds is 6. The highest BCUT2D eigenvalue weighted by atomic mass is 16.2. The van der Waals surface area contributed by atoms with Crippen LogP contribution < -0.4 is 10.6 Å². The summed E-state index contributed by atoms with van der Waals surface area (Å²) in [6, 6.07) is 8.42. The van der Waals surface area contributed by atoms with Crippen molar-refractivity contribution in [2.45, 2.75) is 64.5 Å². The van der Waals surface area contributed by atoms with E-state index in [9.17, 15) is 4.79 Å². The van der Waals surface area contributed by atoms with Crippen LogP contribution in [-0.2, 0) is 11.2 Å². The van der Waals surface area contributed by atoms with Gasteiger partial charge in [-0.3, -0.25) is 4.79 Å². The van der Waals surface area contributed by atoms with Gasteiger partial charge in [0, 0.05) is 11.7 Å². The second-order valence-electron chi connectivity index (χ2n) is 5.80. The number of fused-ring (bicyclic) bond motifs is 1. The minimum atomic E-state index is -0.0703. The first-order valence-corrected chi connectivity index (χ1v) is 7.85. The molecule has 3 heteroatoms. The van der Waals surface area contributed by atoms with Crippen molar-refractivity contribution < 1.29 is 4.79 Å². The Morgan fingerprint density at radius 1 is 1.35 bits per heavy atom. The normalized spacial score (nSPS) is 19.9. The number of carbonyl (C=O) groups is 1. The molecular weight excluding hydrogens is 248 g/mol. The fraction of sp³-hybridized carbons (Fsp3) is 0.588. The number of anilines is 1. The summed E-state index contributed by atoms with van der Waals surface area (Å²) in [4.78, 5) is 12.3. The number of carbonyl (C=O) groups excluding carboxylic acids is 1. The molecule has 0 aromatic heterocycles. The van der Waals surface area contributed by atoms with Gasteiger partial charge in [0.2, 0.25) is 5.91 Å². The van der Waals surface area contributed by atoms with Gasteiger partial charge in [0.25, 0.3) is 0 Å². The summed E-state index contributed by atoms with van der Waals surface area (Å²) in [7, 11) is 0. The molecule has 1 aromatic rings. The Morgan fingerprint density at radius 2 is 2.15 bits per heavy atom. The number of unbranched alkanes of at least 4 members (excludes halogenated alkanes) is 2. The molecule has 2 N–H and O–H groups in total. The maximum atomic E-state index is 12.3. The number of nitrogens with one attached hydrogen (secondary N) is 2. The third kappa shape index (κ3) is 4.07. The Balaban J connectivity index is 1.90. The zero-order chi connectivity index (χ0) is 14.4. The van der Waals surface area contributed by atoms with Gasteiger partial charge in [-0.1, -0.05) is 44.4 Å². The van der Waals surface area contributed by atoms with E-state index in [2.05, 4.69) is 30.5 Å². The van der Waals surface area contributed by atoms with Gasteiger partial charge in [-0.05, 0) is 37.8 Å². The van der Waals surface area contributed by atoms with Gasteiger partial charge >= 0.3 is 0 Å². The van der Waals surface area contributed by atoms with Crippen LogP contribution in [-0.4, -0.2) is 18.0 Å². The fourth-order valence-electron chi connectivity index (χ4n) is 2.80. The van der Waals surface area contributed by atoms with E-state index in [4.69, 9.17) is 0 Å². The van der Waals surface area contributed by atoms with E-state index in [1.165, 1.54) is 24.8 Å². The standard InChI is InChI=1S/C17H26N2O/c1-3-4-5-8-13(2)18-16-12-11-14-9-6-7-10-15(14)19-17(16)20/h6-7,9-10,13,16,18H,3-5,8,11-12H2,1-2H3,(H,19,20).